The molecule has 5 fully saturated rings. The molecule has 114 valence electrons. The molecular formula is C15H18O6. The molecule has 0 amide bonds. The third-order valence-electron chi connectivity index (χ3n) is 7.72. The molecule has 0 aromatic heterocycles. The molecular weight excluding hydrogens is 276 g/mol. The molecule has 5 rings (SSSR count). The van der Waals surface area contributed by atoms with E-state index in [0.717, 1.165) is 0 Å². The quantitative estimate of drug-likeness (QED) is 0.641. The Morgan fingerprint density at radius 3 is 2.67 bits per heavy atom. The lowest BCUT2D eigenvalue weighted by Gasteiger charge is -2.59. The zero-order valence-electron chi connectivity index (χ0n) is 12.3. The number of cyclic esters (lactones) is 1. The van der Waals surface area contributed by atoms with Crippen LogP contribution in [0.1, 0.15) is 33.6 Å². The number of aliphatic hydroxyl groups is 1. The van der Waals surface area contributed by atoms with Crippen LogP contribution in [0.5, 0.6) is 0 Å². The van der Waals surface area contributed by atoms with Crippen LogP contribution < -0.4 is 0 Å². The molecule has 2 saturated carbocycles. The molecule has 3 saturated heterocycles. The van der Waals surface area contributed by atoms with Gasteiger partial charge in [0.05, 0.1) is 29.5 Å². The molecule has 0 aromatic rings. The first-order valence-electron chi connectivity index (χ1n) is 7.45. The highest BCUT2D eigenvalue weighted by Gasteiger charge is 2.99. The number of rotatable bonds is 0. The maximum atomic E-state index is 12.4. The lowest BCUT2D eigenvalue weighted by Crippen LogP contribution is -2.72. The summed E-state index contributed by atoms with van der Waals surface area (Å²) in [7, 11) is 0. The van der Waals surface area contributed by atoms with Gasteiger partial charge in [-0.2, -0.15) is 0 Å². The van der Waals surface area contributed by atoms with Crippen LogP contribution in [0, 0.1) is 16.2 Å². The fourth-order valence-electron chi connectivity index (χ4n) is 6.40. The molecule has 6 nitrogen and oxygen atoms in total. The molecule has 1 spiro atoms. The van der Waals surface area contributed by atoms with Gasteiger partial charge in [-0.05, 0) is 13.8 Å². The summed E-state index contributed by atoms with van der Waals surface area (Å²) < 4.78 is 17.3. The summed E-state index contributed by atoms with van der Waals surface area (Å²) >= 11 is 0. The smallest absolute Gasteiger partial charge is 0.315 e. The Balaban J connectivity index is 1.85. The summed E-state index contributed by atoms with van der Waals surface area (Å²) in [5, 5.41) is 10.5. The Bertz CT molecular complexity index is 632. The van der Waals surface area contributed by atoms with Crippen molar-refractivity contribution in [2.24, 2.45) is 16.2 Å². The SMILES string of the molecule is C[C@]12COC(=O)[C@@]1(C)[C@H]1O[C@]3(C)C(O)C[C@@]24OC(=O)CC143. The van der Waals surface area contributed by atoms with Gasteiger partial charge in [0.2, 0.25) is 0 Å². The van der Waals surface area contributed by atoms with Gasteiger partial charge in [-0.3, -0.25) is 9.59 Å². The molecule has 3 heterocycles. The molecule has 3 aliphatic heterocycles. The average Bonchev–Trinajstić information content (AvgIpc) is 2.92. The van der Waals surface area contributed by atoms with E-state index in [1.165, 1.54) is 0 Å². The van der Waals surface area contributed by atoms with Crippen molar-refractivity contribution in [2.45, 2.75) is 57.0 Å². The van der Waals surface area contributed by atoms with Crippen LogP contribution in [0.2, 0.25) is 0 Å². The predicted octanol–water partition coefficient (Wildman–Crippen LogP) is 0.164. The van der Waals surface area contributed by atoms with Crippen LogP contribution in [0.4, 0.5) is 0 Å². The van der Waals surface area contributed by atoms with Crippen LogP contribution in [0.25, 0.3) is 0 Å². The van der Waals surface area contributed by atoms with Crippen molar-refractivity contribution in [3.63, 3.8) is 0 Å². The second-order valence-electron chi connectivity index (χ2n) is 7.88. The van der Waals surface area contributed by atoms with Crippen LogP contribution in [0.15, 0.2) is 0 Å². The highest BCUT2D eigenvalue weighted by atomic mass is 16.6. The van der Waals surface area contributed by atoms with Gasteiger partial charge in [0.25, 0.3) is 0 Å². The van der Waals surface area contributed by atoms with Crippen molar-refractivity contribution in [3.05, 3.63) is 0 Å². The maximum absolute atomic E-state index is 12.4. The highest BCUT2D eigenvalue weighted by molar-refractivity contribution is 5.86. The minimum Gasteiger partial charge on any atom is -0.464 e. The standard InChI is InChI=1S/C15H18O6/c1-11-6-19-10(18)12(11,2)9-14-5-8(17)20-15(11,14)4-7(16)13(14,3)21-9/h7,9,16H,4-6H2,1-3H3/t7?,9-,11+,12-,13-,14?,15-/m1/s1. The third-order valence-corrected chi connectivity index (χ3v) is 7.72. The Hall–Kier alpha value is -1.14. The number of fused-ring (bicyclic) bond motifs is 2. The van der Waals surface area contributed by atoms with Crippen molar-refractivity contribution in [1.29, 1.82) is 0 Å². The zero-order valence-corrected chi connectivity index (χ0v) is 12.3. The summed E-state index contributed by atoms with van der Waals surface area (Å²) in [5.41, 5.74) is -3.79. The maximum Gasteiger partial charge on any atom is 0.315 e. The van der Waals surface area contributed by atoms with Gasteiger partial charge in [-0.15, -0.1) is 0 Å². The molecule has 1 N–H and O–H groups in total. The van der Waals surface area contributed by atoms with E-state index in [9.17, 15) is 14.7 Å². The first kappa shape index (κ1) is 12.4. The normalized spacial score (nSPS) is 66.3. The van der Waals surface area contributed by atoms with Crippen LogP contribution in [0.3, 0.4) is 0 Å². The van der Waals surface area contributed by atoms with Crippen LogP contribution >= 0.6 is 0 Å². The number of aliphatic hydroxyl groups excluding tert-OH is 1. The van der Waals surface area contributed by atoms with Gasteiger partial charge in [-0.1, -0.05) is 6.92 Å². The number of hydrogen-bond donors (Lipinski definition) is 1. The van der Waals surface area contributed by atoms with Crippen molar-refractivity contribution in [2.75, 3.05) is 6.61 Å². The molecule has 0 aromatic carbocycles. The van der Waals surface area contributed by atoms with Gasteiger partial charge >= 0.3 is 11.9 Å². The number of carbonyl (C=O) groups is 2. The number of esters is 2. The second kappa shape index (κ2) is 2.74. The van der Waals surface area contributed by atoms with Gasteiger partial charge in [0.1, 0.15) is 23.2 Å². The van der Waals surface area contributed by atoms with E-state index >= 15 is 0 Å². The first-order chi connectivity index (χ1) is 9.70. The lowest BCUT2D eigenvalue weighted by atomic mass is 9.60. The van der Waals surface area contributed by atoms with E-state index < -0.39 is 39.7 Å². The largest absolute Gasteiger partial charge is 0.464 e. The van der Waals surface area contributed by atoms with Crippen molar-refractivity contribution < 1.29 is 28.9 Å². The van der Waals surface area contributed by atoms with Crippen molar-refractivity contribution in [1.82, 2.24) is 0 Å². The molecule has 0 radical (unpaired) electrons. The number of ether oxygens (including phenoxy) is 3. The van der Waals surface area contributed by atoms with Gasteiger partial charge in [-0.25, -0.2) is 0 Å². The molecule has 6 heteroatoms. The zero-order chi connectivity index (χ0) is 15.1. The Morgan fingerprint density at radius 1 is 1.24 bits per heavy atom. The van der Waals surface area contributed by atoms with Gasteiger partial charge in [0, 0.05) is 6.42 Å². The van der Waals surface area contributed by atoms with E-state index in [2.05, 4.69) is 0 Å². The Kier molecular flexibility index (Phi) is 1.62. The monoisotopic (exact) mass is 294 g/mol. The lowest BCUT2D eigenvalue weighted by molar-refractivity contribution is -0.334. The topological polar surface area (TPSA) is 82.1 Å². The molecule has 5 aliphatic rings. The molecule has 0 bridgehead atoms. The summed E-state index contributed by atoms with van der Waals surface area (Å²) in [6, 6.07) is 0. The van der Waals surface area contributed by atoms with Crippen LogP contribution in [-0.2, 0) is 23.8 Å². The Morgan fingerprint density at radius 2 is 1.95 bits per heavy atom. The molecule has 21 heavy (non-hydrogen) atoms. The summed E-state index contributed by atoms with van der Waals surface area (Å²) in [5.74, 6) is -0.540. The van der Waals surface area contributed by atoms with E-state index in [1.54, 1.807) is 0 Å². The summed E-state index contributed by atoms with van der Waals surface area (Å²) in [6.45, 7) is 5.86. The molecule has 2 aliphatic carbocycles. The predicted molar refractivity (Wildman–Crippen MR) is 66.9 cm³/mol. The fraction of sp³-hybridized carbons (Fsp3) is 0.867. The van der Waals surface area contributed by atoms with Crippen molar-refractivity contribution in [3.8, 4) is 0 Å². The van der Waals surface area contributed by atoms with Crippen molar-refractivity contribution >= 4 is 11.9 Å². The van der Waals surface area contributed by atoms with E-state index in [0.29, 0.717) is 6.42 Å². The second-order valence-corrected chi connectivity index (χ2v) is 7.88. The van der Waals surface area contributed by atoms with E-state index in [1.807, 2.05) is 20.8 Å². The minimum absolute atomic E-state index is 0.208. The summed E-state index contributed by atoms with van der Waals surface area (Å²) in [4.78, 5) is 24.5. The van der Waals surface area contributed by atoms with Gasteiger partial charge < -0.3 is 19.3 Å². The first-order valence-corrected chi connectivity index (χ1v) is 7.45. The molecule has 7 atom stereocenters. The van der Waals surface area contributed by atoms with E-state index in [-0.39, 0.29) is 25.0 Å². The third kappa shape index (κ3) is 0.744. The Labute approximate surface area is 121 Å². The minimum atomic E-state index is -0.866. The van der Waals surface area contributed by atoms with Crippen LogP contribution in [-0.4, -0.2) is 47.1 Å². The van der Waals surface area contributed by atoms with Gasteiger partial charge in [0.15, 0.2) is 0 Å². The summed E-state index contributed by atoms with van der Waals surface area (Å²) in [6.07, 6.45) is -0.601. The average molecular weight is 294 g/mol. The van der Waals surface area contributed by atoms with E-state index in [4.69, 9.17) is 14.2 Å². The highest BCUT2D eigenvalue weighted by Crippen LogP contribution is 2.86. The fourth-order valence-corrected chi connectivity index (χ4v) is 6.40. The number of carbonyl (C=O) groups excluding carboxylic acids is 2. The number of hydrogen-bond acceptors (Lipinski definition) is 6. The molecule has 2 unspecified atom stereocenters.